The van der Waals surface area contributed by atoms with Crippen LogP contribution in [-0.2, 0) is 0 Å². The zero-order valence-corrected chi connectivity index (χ0v) is 10.2. The van der Waals surface area contributed by atoms with Crippen LogP contribution in [0.4, 0.5) is 10.2 Å². The molecule has 0 aliphatic rings. The predicted octanol–water partition coefficient (Wildman–Crippen LogP) is 2.70. The molecule has 0 aliphatic carbocycles. The molecule has 0 bridgehead atoms. The molecule has 0 saturated carbocycles. The van der Waals surface area contributed by atoms with E-state index < -0.39 is 0 Å². The minimum atomic E-state index is -0.310. The van der Waals surface area contributed by atoms with Crippen molar-refractivity contribution in [2.75, 3.05) is 12.4 Å². The zero-order chi connectivity index (χ0) is 13.2. The van der Waals surface area contributed by atoms with Gasteiger partial charge in [0.15, 0.2) is 0 Å². The van der Waals surface area contributed by atoms with Gasteiger partial charge >= 0.3 is 0 Å². The number of benzene rings is 1. The van der Waals surface area contributed by atoms with Crippen LogP contribution >= 0.6 is 0 Å². The van der Waals surface area contributed by atoms with E-state index >= 15 is 0 Å². The highest BCUT2D eigenvalue weighted by Crippen LogP contribution is 2.24. The van der Waals surface area contributed by atoms with Crippen molar-refractivity contribution in [2.45, 2.75) is 0 Å². The van der Waals surface area contributed by atoms with Gasteiger partial charge in [0.1, 0.15) is 17.4 Å². The molecule has 0 unspecified atom stereocenters. The van der Waals surface area contributed by atoms with Crippen LogP contribution in [0.3, 0.4) is 0 Å². The monoisotopic (exact) mass is 258 g/mol. The van der Waals surface area contributed by atoms with Gasteiger partial charge in [-0.3, -0.25) is 4.40 Å². The minimum absolute atomic E-state index is 0.310. The maximum absolute atomic E-state index is 12.8. The van der Waals surface area contributed by atoms with Crippen LogP contribution in [0.1, 0.15) is 0 Å². The molecule has 2 heterocycles. The highest BCUT2D eigenvalue weighted by Gasteiger charge is 2.09. The Hall–Kier alpha value is -2.63. The summed E-state index contributed by atoms with van der Waals surface area (Å²) in [6.45, 7) is 0. The number of anilines is 1. The average Bonchev–Trinajstić information content (AvgIpc) is 2.89. The quantitative estimate of drug-likeness (QED) is 0.784. The van der Waals surface area contributed by atoms with Crippen molar-refractivity contribution in [1.82, 2.24) is 14.4 Å². The first-order chi connectivity index (χ1) is 9.26. The molecule has 0 fully saturated rings. The van der Waals surface area contributed by atoms with Gasteiger partial charge in [-0.05, 0) is 24.3 Å². The van der Waals surface area contributed by atoms with Crippen LogP contribution in [0.25, 0.3) is 5.65 Å². The first-order valence-electron chi connectivity index (χ1n) is 5.71. The number of nitrogens with one attached hydrogen (secondary N) is 1. The van der Waals surface area contributed by atoms with E-state index in [4.69, 9.17) is 4.74 Å². The summed E-state index contributed by atoms with van der Waals surface area (Å²) >= 11 is 0. The number of aromatic nitrogens is 3. The molecule has 2 aromatic heterocycles. The van der Waals surface area contributed by atoms with Crippen molar-refractivity contribution in [3.05, 3.63) is 48.7 Å². The summed E-state index contributed by atoms with van der Waals surface area (Å²) in [5.41, 5.74) is 0.600. The van der Waals surface area contributed by atoms with Crippen molar-refractivity contribution in [2.24, 2.45) is 0 Å². The maximum Gasteiger partial charge on any atom is 0.265 e. The second kappa shape index (κ2) is 4.56. The molecule has 6 heteroatoms. The van der Waals surface area contributed by atoms with Gasteiger partial charge in [0.05, 0.1) is 6.20 Å². The van der Waals surface area contributed by atoms with Gasteiger partial charge in [-0.2, -0.15) is 4.98 Å². The molecule has 0 radical (unpaired) electrons. The Kier molecular flexibility index (Phi) is 2.75. The Morgan fingerprint density at radius 1 is 1.26 bits per heavy atom. The van der Waals surface area contributed by atoms with Crippen LogP contribution in [0, 0.1) is 5.82 Å². The Bertz CT molecular complexity index is 708. The number of imidazole rings is 1. The zero-order valence-electron chi connectivity index (χ0n) is 10.2. The summed E-state index contributed by atoms with van der Waals surface area (Å²) in [6, 6.07) is 5.75. The van der Waals surface area contributed by atoms with Crippen molar-refractivity contribution in [3.8, 4) is 11.6 Å². The molecule has 0 amide bonds. The molecule has 0 aliphatic heterocycles. The van der Waals surface area contributed by atoms with Gasteiger partial charge in [-0.1, -0.05) is 0 Å². The minimum Gasteiger partial charge on any atom is -0.436 e. The largest absolute Gasteiger partial charge is 0.436 e. The molecule has 3 aromatic rings. The fourth-order valence-electron chi connectivity index (χ4n) is 1.71. The number of fused-ring (bicyclic) bond motifs is 1. The fraction of sp³-hybridized carbons (Fsp3) is 0.0769. The van der Waals surface area contributed by atoms with E-state index in [2.05, 4.69) is 15.3 Å². The van der Waals surface area contributed by atoms with Crippen molar-refractivity contribution in [1.29, 1.82) is 0 Å². The van der Waals surface area contributed by atoms with Crippen molar-refractivity contribution >= 4 is 11.5 Å². The standard InChI is InChI=1S/C13H11FN4O/c1-15-11-8-18-7-6-16-12(18)13(17-11)19-10-4-2-9(14)3-5-10/h2-8,15H,1H3. The highest BCUT2D eigenvalue weighted by atomic mass is 19.1. The van der Waals surface area contributed by atoms with E-state index in [9.17, 15) is 4.39 Å². The third-order valence-corrected chi connectivity index (χ3v) is 2.63. The Balaban J connectivity index is 2.03. The first kappa shape index (κ1) is 11.5. The van der Waals surface area contributed by atoms with E-state index in [1.54, 1.807) is 42.2 Å². The van der Waals surface area contributed by atoms with Crippen LogP contribution in [0.2, 0.25) is 0 Å². The Labute approximate surface area is 108 Å². The van der Waals surface area contributed by atoms with Gasteiger partial charge in [-0.25, -0.2) is 9.37 Å². The molecule has 0 spiro atoms. The van der Waals surface area contributed by atoms with E-state index in [1.807, 2.05) is 0 Å². The lowest BCUT2D eigenvalue weighted by Crippen LogP contribution is -1.99. The van der Waals surface area contributed by atoms with Crippen LogP contribution < -0.4 is 10.1 Å². The molecule has 0 saturated heterocycles. The van der Waals surface area contributed by atoms with Crippen LogP contribution in [-0.4, -0.2) is 21.4 Å². The van der Waals surface area contributed by atoms with Gasteiger partial charge in [0, 0.05) is 19.4 Å². The van der Waals surface area contributed by atoms with Gasteiger partial charge in [0.2, 0.25) is 5.65 Å². The average molecular weight is 258 g/mol. The second-order valence-corrected chi connectivity index (χ2v) is 3.90. The molecule has 1 N–H and O–H groups in total. The summed E-state index contributed by atoms with van der Waals surface area (Å²) < 4.78 is 20.3. The smallest absolute Gasteiger partial charge is 0.265 e. The molecule has 3 rings (SSSR count). The third-order valence-electron chi connectivity index (χ3n) is 2.63. The second-order valence-electron chi connectivity index (χ2n) is 3.90. The highest BCUT2D eigenvalue weighted by molar-refractivity contribution is 5.54. The van der Waals surface area contributed by atoms with Crippen LogP contribution in [0.5, 0.6) is 11.6 Å². The molecule has 5 nitrogen and oxygen atoms in total. The molecule has 96 valence electrons. The van der Waals surface area contributed by atoms with E-state index in [0.717, 1.165) is 0 Å². The number of ether oxygens (including phenoxy) is 1. The lowest BCUT2D eigenvalue weighted by Gasteiger charge is -2.08. The third kappa shape index (κ3) is 2.20. The van der Waals surface area contributed by atoms with Gasteiger partial charge in [0.25, 0.3) is 5.88 Å². The van der Waals surface area contributed by atoms with E-state index in [1.165, 1.54) is 12.1 Å². The molecule has 19 heavy (non-hydrogen) atoms. The molecular formula is C13H11FN4O. The number of halogens is 1. The number of hydrogen-bond acceptors (Lipinski definition) is 4. The van der Waals surface area contributed by atoms with E-state index in [0.29, 0.717) is 23.1 Å². The summed E-state index contributed by atoms with van der Waals surface area (Å²) in [5, 5.41) is 2.94. The van der Waals surface area contributed by atoms with Crippen LogP contribution in [0.15, 0.2) is 42.9 Å². The lowest BCUT2D eigenvalue weighted by molar-refractivity contribution is 0.464. The predicted molar refractivity (Wildman–Crippen MR) is 69.0 cm³/mol. The molecular weight excluding hydrogens is 247 g/mol. The normalized spacial score (nSPS) is 10.6. The number of hydrogen-bond donors (Lipinski definition) is 1. The number of nitrogens with zero attached hydrogens (tertiary/aromatic N) is 3. The summed E-state index contributed by atoms with van der Waals surface area (Å²) in [5.74, 6) is 1.22. The summed E-state index contributed by atoms with van der Waals surface area (Å²) in [6.07, 6.45) is 5.27. The van der Waals surface area contributed by atoms with E-state index in [-0.39, 0.29) is 5.82 Å². The number of rotatable bonds is 3. The fourth-order valence-corrected chi connectivity index (χ4v) is 1.71. The lowest BCUT2D eigenvalue weighted by atomic mass is 10.3. The first-order valence-corrected chi connectivity index (χ1v) is 5.71. The summed E-state index contributed by atoms with van der Waals surface area (Å²) in [7, 11) is 1.77. The SMILES string of the molecule is CNc1cn2ccnc2c(Oc2ccc(F)cc2)n1. The Morgan fingerprint density at radius 2 is 2.05 bits per heavy atom. The van der Waals surface area contributed by atoms with Gasteiger partial charge < -0.3 is 10.1 Å². The van der Waals surface area contributed by atoms with Crippen molar-refractivity contribution in [3.63, 3.8) is 0 Å². The maximum atomic E-state index is 12.8. The van der Waals surface area contributed by atoms with Gasteiger partial charge in [-0.15, -0.1) is 0 Å². The van der Waals surface area contributed by atoms with Crippen molar-refractivity contribution < 1.29 is 9.13 Å². The Morgan fingerprint density at radius 3 is 2.79 bits per heavy atom. The molecule has 1 aromatic carbocycles. The molecule has 0 atom stereocenters. The topological polar surface area (TPSA) is 51.5 Å². The summed E-state index contributed by atoms with van der Waals surface area (Å²) in [4.78, 5) is 8.48.